The Morgan fingerprint density at radius 1 is 1.35 bits per heavy atom. The van der Waals surface area contributed by atoms with Gasteiger partial charge in [0.05, 0.1) is 12.4 Å². The summed E-state index contributed by atoms with van der Waals surface area (Å²) < 4.78 is 31.3. The predicted octanol–water partition coefficient (Wildman–Crippen LogP) is 2.45. The Morgan fingerprint density at radius 3 is 2.65 bits per heavy atom. The number of unbranched alkanes of at least 4 members (excludes halogenated alkanes) is 1. The summed E-state index contributed by atoms with van der Waals surface area (Å²) in [6.07, 6.45) is 3.34. The molecule has 1 heterocycles. The maximum atomic E-state index is 11.5. The minimum atomic E-state index is -3.26. The van der Waals surface area contributed by atoms with Gasteiger partial charge in [0.2, 0.25) is 10.0 Å². The molecule has 0 bridgehead atoms. The van der Waals surface area contributed by atoms with Gasteiger partial charge in [-0.2, -0.15) is 4.72 Å². The molecule has 0 fully saturated rings. The molecule has 1 aliphatic rings. The average Bonchev–Trinajstić information content (AvgIpc) is 2.50. The van der Waals surface area contributed by atoms with Crippen LogP contribution in [0.1, 0.15) is 38.7 Å². The zero-order valence-electron chi connectivity index (χ0n) is 15.2. The molecule has 2 atom stereocenters. The molecule has 0 aromatic heterocycles. The number of halogens is 2. The zero-order valence-corrected chi connectivity index (χ0v) is 17.6. The fourth-order valence-corrected chi connectivity index (χ4v) is 3.17. The first-order valence-electron chi connectivity index (χ1n) is 8.13. The second-order valence-electron chi connectivity index (χ2n) is 6.06. The highest BCUT2D eigenvalue weighted by atomic mass is 35.5. The quantitative estimate of drug-likeness (QED) is 0.553. The molecule has 10 heteroatoms. The molecule has 7 nitrogen and oxygen atoms in total. The van der Waals surface area contributed by atoms with Crippen molar-refractivity contribution in [3.63, 3.8) is 0 Å². The van der Waals surface area contributed by atoms with Crippen LogP contribution in [-0.2, 0) is 16.6 Å². The van der Waals surface area contributed by atoms with Gasteiger partial charge in [0.25, 0.3) is 0 Å². The zero-order chi connectivity index (χ0) is 17.7. The van der Waals surface area contributed by atoms with E-state index in [1.807, 2.05) is 25.1 Å². The average molecular weight is 427 g/mol. The Balaban J connectivity index is 0.00000312. The lowest BCUT2D eigenvalue weighted by molar-refractivity contribution is 0.281. The molecule has 0 spiro atoms. The van der Waals surface area contributed by atoms with Crippen LogP contribution in [0, 0.1) is 0 Å². The third-order valence-corrected chi connectivity index (χ3v) is 4.46. The number of nitrogens with two attached hydrogens (primary N) is 1. The van der Waals surface area contributed by atoms with Crippen molar-refractivity contribution < 1.29 is 13.2 Å². The maximum Gasteiger partial charge on any atom is 0.210 e. The van der Waals surface area contributed by atoms with Crippen molar-refractivity contribution in [2.45, 2.75) is 51.9 Å². The summed E-state index contributed by atoms with van der Waals surface area (Å²) >= 11 is 0. The topological polar surface area (TPSA) is 106 Å². The maximum absolute atomic E-state index is 11.5. The van der Waals surface area contributed by atoms with Gasteiger partial charge in [0, 0.05) is 6.54 Å². The molecular weight excluding hydrogens is 399 g/mol. The van der Waals surface area contributed by atoms with Crippen molar-refractivity contribution in [1.29, 1.82) is 0 Å². The number of nitrogens with one attached hydrogen (secondary N) is 2. The minimum Gasteiger partial charge on any atom is -0.481 e. The first-order valence-corrected chi connectivity index (χ1v) is 10.0. The molecule has 150 valence electrons. The normalized spacial score (nSPS) is 17.0. The van der Waals surface area contributed by atoms with Crippen LogP contribution >= 0.6 is 24.8 Å². The third kappa shape index (κ3) is 7.67. The van der Waals surface area contributed by atoms with E-state index < -0.39 is 10.0 Å². The number of hydrogen-bond donors (Lipinski definition) is 3. The molecule has 0 saturated carbocycles. The molecule has 2 unspecified atom stereocenters. The van der Waals surface area contributed by atoms with Crippen molar-refractivity contribution >= 4 is 46.4 Å². The first-order chi connectivity index (χ1) is 11.3. The van der Waals surface area contributed by atoms with E-state index in [0.29, 0.717) is 23.8 Å². The molecule has 0 radical (unpaired) electrons. The highest BCUT2D eigenvalue weighted by molar-refractivity contribution is 7.88. The molecule has 4 N–H and O–H groups in total. The number of rotatable bonds is 8. The van der Waals surface area contributed by atoms with Crippen LogP contribution < -0.4 is 20.5 Å². The standard InChI is InChI=1S/C16H26N4O3S.2ClH/c1-4-5-6-15(20-24(3,21)22)18-10-12-7-8-14-13(9-12)19-16(17)11(2)23-14;;/h7-9,11,15,18,20H,4-6,10H2,1-3H3,(H2,17,19);2*1H. The smallest absolute Gasteiger partial charge is 0.210 e. The van der Waals surface area contributed by atoms with E-state index in [2.05, 4.69) is 22.0 Å². The van der Waals surface area contributed by atoms with Crippen LogP contribution in [0.15, 0.2) is 23.2 Å². The van der Waals surface area contributed by atoms with Crippen molar-refractivity contribution in [2.75, 3.05) is 6.26 Å². The fourth-order valence-electron chi connectivity index (χ4n) is 2.45. The first kappa shape index (κ1) is 24.9. The Hall–Kier alpha value is -1.06. The number of nitrogens with zero attached hydrogens (tertiary/aromatic N) is 1. The number of hydrogen-bond acceptors (Lipinski definition) is 6. The van der Waals surface area contributed by atoms with Gasteiger partial charge in [0.15, 0.2) is 6.10 Å². The van der Waals surface area contributed by atoms with Crippen LogP contribution in [-0.4, -0.2) is 32.8 Å². The van der Waals surface area contributed by atoms with Gasteiger partial charge in [-0.05, 0) is 31.0 Å². The predicted molar refractivity (Wildman–Crippen MR) is 110 cm³/mol. The Morgan fingerprint density at radius 2 is 2.04 bits per heavy atom. The largest absolute Gasteiger partial charge is 0.481 e. The van der Waals surface area contributed by atoms with Crippen LogP contribution in [0.25, 0.3) is 0 Å². The van der Waals surface area contributed by atoms with E-state index in [1.54, 1.807) is 0 Å². The van der Waals surface area contributed by atoms with E-state index in [1.165, 1.54) is 6.26 Å². The monoisotopic (exact) mass is 426 g/mol. The summed E-state index contributed by atoms with van der Waals surface area (Å²) in [6, 6.07) is 5.70. The molecule has 1 aromatic rings. The molecule has 26 heavy (non-hydrogen) atoms. The highest BCUT2D eigenvalue weighted by Gasteiger charge is 2.18. The molecular formula is C16H28Cl2N4O3S. The lowest BCUT2D eigenvalue weighted by atomic mass is 10.1. The summed E-state index contributed by atoms with van der Waals surface area (Å²) in [7, 11) is -3.26. The van der Waals surface area contributed by atoms with Crippen molar-refractivity contribution in [3.05, 3.63) is 23.8 Å². The molecule has 1 aliphatic heterocycles. The molecule has 0 saturated heterocycles. The summed E-state index contributed by atoms with van der Waals surface area (Å²) in [5, 5.41) is 3.24. The number of sulfonamides is 1. The lowest BCUT2D eigenvalue weighted by Crippen LogP contribution is -2.44. The lowest BCUT2D eigenvalue weighted by Gasteiger charge is -2.22. The summed E-state index contributed by atoms with van der Waals surface area (Å²) in [4.78, 5) is 4.35. The van der Waals surface area contributed by atoms with Crippen LogP contribution in [0.5, 0.6) is 5.75 Å². The van der Waals surface area contributed by atoms with E-state index in [4.69, 9.17) is 10.5 Å². The summed E-state index contributed by atoms with van der Waals surface area (Å²) in [5.74, 6) is 1.16. The number of amidine groups is 1. The van der Waals surface area contributed by atoms with Crippen molar-refractivity contribution in [2.24, 2.45) is 10.7 Å². The van der Waals surface area contributed by atoms with Gasteiger partial charge >= 0.3 is 0 Å². The van der Waals surface area contributed by atoms with Gasteiger partial charge in [-0.1, -0.05) is 25.8 Å². The van der Waals surface area contributed by atoms with Gasteiger partial charge in [0.1, 0.15) is 17.3 Å². The van der Waals surface area contributed by atoms with Gasteiger partial charge < -0.3 is 10.5 Å². The second kappa shape index (κ2) is 10.9. The Bertz CT molecular complexity index is 713. The number of benzene rings is 1. The number of fused-ring (bicyclic) bond motifs is 1. The van der Waals surface area contributed by atoms with E-state index in [0.717, 1.165) is 24.8 Å². The molecule has 2 rings (SSSR count). The Kier molecular flexibility index (Phi) is 10.5. The summed E-state index contributed by atoms with van der Waals surface area (Å²) in [5.41, 5.74) is 7.51. The molecule has 1 aromatic carbocycles. The van der Waals surface area contributed by atoms with Crippen molar-refractivity contribution in [3.8, 4) is 5.75 Å². The van der Waals surface area contributed by atoms with E-state index >= 15 is 0 Å². The minimum absolute atomic E-state index is 0. The van der Waals surface area contributed by atoms with Crippen molar-refractivity contribution in [1.82, 2.24) is 10.0 Å². The SMILES string of the molecule is CCCCC(NCc1ccc2c(c1)N=C(N)C(C)O2)NS(C)(=O)=O.Cl.Cl. The van der Waals surface area contributed by atoms with E-state index in [9.17, 15) is 8.42 Å². The number of aliphatic imine (C=N–C) groups is 1. The second-order valence-corrected chi connectivity index (χ2v) is 7.84. The van der Waals surface area contributed by atoms with Crippen LogP contribution in [0.3, 0.4) is 0 Å². The van der Waals surface area contributed by atoms with Crippen LogP contribution in [0.4, 0.5) is 5.69 Å². The summed E-state index contributed by atoms with van der Waals surface area (Å²) in [6.45, 7) is 4.45. The number of ether oxygens (including phenoxy) is 1. The van der Waals surface area contributed by atoms with Gasteiger partial charge in [-0.25, -0.2) is 13.4 Å². The van der Waals surface area contributed by atoms with E-state index in [-0.39, 0.29) is 37.1 Å². The van der Waals surface area contributed by atoms with Gasteiger partial charge in [-0.3, -0.25) is 5.32 Å². The van der Waals surface area contributed by atoms with Crippen LogP contribution in [0.2, 0.25) is 0 Å². The Labute approximate surface area is 168 Å². The molecule has 0 aliphatic carbocycles. The highest BCUT2D eigenvalue weighted by Crippen LogP contribution is 2.32. The van der Waals surface area contributed by atoms with Gasteiger partial charge in [-0.15, -0.1) is 24.8 Å². The third-order valence-electron chi connectivity index (χ3n) is 3.75. The molecule has 0 amide bonds. The fraction of sp³-hybridized carbons (Fsp3) is 0.562.